The third-order valence-electron chi connectivity index (χ3n) is 3.55. The number of rotatable bonds is 4. The second kappa shape index (κ2) is 5.83. The molecule has 1 aliphatic rings. The molecule has 94 valence electrons. The fourth-order valence-electron chi connectivity index (χ4n) is 2.59. The van der Waals surface area contributed by atoms with E-state index in [0.29, 0.717) is 6.04 Å². The molecule has 1 aromatic heterocycles. The summed E-state index contributed by atoms with van der Waals surface area (Å²) in [6, 6.07) is 2.85. The average Bonchev–Trinajstić information content (AvgIpc) is 2.80. The van der Waals surface area contributed by atoms with Crippen LogP contribution in [0.1, 0.15) is 20.3 Å². The lowest BCUT2D eigenvalue weighted by Gasteiger charge is -2.26. The summed E-state index contributed by atoms with van der Waals surface area (Å²) < 4.78 is 1.06. The van der Waals surface area contributed by atoms with E-state index < -0.39 is 0 Å². The standard InChI is InChI=1S/C13H20BrN3/c1-3-16(4-2)12-5-6-17(10-12)13-7-11(14)8-15-9-13/h7-9,12H,3-6,10H2,1-2H3. The molecular formula is C13H20BrN3. The molecule has 1 aliphatic heterocycles. The number of likely N-dealkylation sites (N-methyl/N-ethyl adjacent to an activating group) is 1. The smallest absolute Gasteiger partial charge is 0.0564 e. The first-order chi connectivity index (χ1) is 8.24. The van der Waals surface area contributed by atoms with Gasteiger partial charge in [-0.3, -0.25) is 9.88 Å². The van der Waals surface area contributed by atoms with Gasteiger partial charge in [-0.2, -0.15) is 0 Å². The Labute approximate surface area is 112 Å². The van der Waals surface area contributed by atoms with E-state index in [9.17, 15) is 0 Å². The van der Waals surface area contributed by atoms with Crippen LogP contribution in [0.15, 0.2) is 22.9 Å². The highest BCUT2D eigenvalue weighted by molar-refractivity contribution is 9.10. The fraction of sp³-hybridized carbons (Fsp3) is 0.615. The first-order valence-electron chi connectivity index (χ1n) is 6.34. The number of hydrogen-bond donors (Lipinski definition) is 0. The van der Waals surface area contributed by atoms with E-state index in [1.807, 2.05) is 12.4 Å². The number of hydrogen-bond acceptors (Lipinski definition) is 3. The van der Waals surface area contributed by atoms with Gasteiger partial charge in [-0.1, -0.05) is 13.8 Å². The van der Waals surface area contributed by atoms with Gasteiger partial charge >= 0.3 is 0 Å². The third-order valence-corrected chi connectivity index (χ3v) is 3.98. The zero-order valence-corrected chi connectivity index (χ0v) is 12.2. The van der Waals surface area contributed by atoms with E-state index in [1.165, 1.54) is 12.1 Å². The summed E-state index contributed by atoms with van der Waals surface area (Å²) in [4.78, 5) is 9.22. The minimum Gasteiger partial charge on any atom is -0.369 e. The van der Waals surface area contributed by atoms with Crippen LogP contribution >= 0.6 is 15.9 Å². The van der Waals surface area contributed by atoms with Gasteiger partial charge in [0.25, 0.3) is 0 Å². The van der Waals surface area contributed by atoms with Gasteiger partial charge in [0, 0.05) is 29.8 Å². The monoisotopic (exact) mass is 297 g/mol. The average molecular weight is 298 g/mol. The second-order valence-corrected chi connectivity index (χ2v) is 5.39. The van der Waals surface area contributed by atoms with E-state index in [1.54, 1.807) is 0 Å². The minimum atomic E-state index is 0.698. The van der Waals surface area contributed by atoms with Crippen molar-refractivity contribution in [3.05, 3.63) is 22.9 Å². The Hall–Kier alpha value is -0.610. The molecule has 3 nitrogen and oxygen atoms in total. The van der Waals surface area contributed by atoms with Gasteiger partial charge in [0.05, 0.1) is 11.9 Å². The molecule has 0 aliphatic carbocycles. The van der Waals surface area contributed by atoms with Crippen molar-refractivity contribution >= 4 is 21.6 Å². The van der Waals surface area contributed by atoms with Gasteiger partial charge in [-0.05, 0) is 41.5 Å². The van der Waals surface area contributed by atoms with Gasteiger partial charge in [-0.15, -0.1) is 0 Å². The van der Waals surface area contributed by atoms with Crippen LogP contribution in [0.4, 0.5) is 5.69 Å². The van der Waals surface area contributed by atoms with Crippen LogP contribution < -0.4 is 4.90 Å². The fourth-order valence-corrected chi connectivity index (χ4v) is 2.94. The summed E-state index contributed by atoms with van der Waals surface area (Å²) in [5, 5.41) is 0. The van der Waals surface area contributed by atoms with Crippen molar-refractivity contribution in [1.82, 2.24) is 9.88 Å². The van der Waals surface area contributed by atoms with Crippen molar-refractivity contribution in [2.24, 2.45) is 0 Å². The molecular weight excluding hydrogens is 278 g/mol. The van der Waals surface area contributed by atoms with E-state index >= 15 is 0 Å². The van der Waals surface area contributed by atoms with Crippen LogP contribution in [0, 0.1) is 0 Å². The van der Waals surface area contributed by atoms with Gasteiger partial charge < -0.3 is 4.90 Å². The maximum atomic E-state index is 4.24. The largest absolute Gasteiger partial charge is 0.369 e. The Bertz CT molecular complexity index is 365. The quantitative estimate of drug-likeness (QED) is 0.852. The SMILES string of the molecule is CCN(CC)C1CCN(c2cncc(Br)c2)C1. The van der Waals surface area contributed by atoms with Gasteiger partial charge in [0.2, 0.25) is 0 Å². The molecule has 1 atom stereocenters. The van der Waals surface area contributed by atoms with Crippen molar-refractivity contribution in [2.75, 3.05) is 31.1 Å². The van der Waals surface area contributed by atoms with Crippen molar-refractivity contribution < 1.29 is 0 Å². The highest BCUT2D eigenvalue weighted by Crippen LogP contribution is 2.24. The Balaban J connectivity index is 2.02. The lowest BCUT2D eigenvalue weighted by atomic mass is 10.2. The first kappa shape index (κ1) is 12.8. The minimum absolute atomic E-state index is 0.698. The normalized spacial score (nSPS) is 20.2. The molecule has 1 fully saturated rings. The van der Waals surface area contributed by atoms with E-state index in [0.717, 1.165) is 30.7 Å². The number of anilines is 1. The van der Waals surface area contributed by atoms with Crippen LogP contribution in [-0.4, -0.2) is 42.1 Å². The lowest BCUT2D eigenvalue weighted by molar-refractivity contribution is 0.232. The van der Waals surface area contributed by atoms with Crippen LogP contribution in [0.3, 0.4) is 0 Å². The van der Waals surface area contributed by atoms with Crippen molar-refractivity contribution in [3.8, 4) is 0 Å². The maximum absolute atomic E-state index is 4.24. The maximum Gasteiger partial charge on any atom is 0.0564 e. The molecule has 2 rings (SSSR count). The van der Waals surface area contributed by atoms with Gasteiger partial charge in [-0.25, -0.2) is 0 Å². The molecule has 4 heteroatoms. The molecule has 2 heterocycles. The van der Waals surface area contributed by atoms with Crippen LogP contribution in [0.25, 0.3) is 0 Å². The van der Waals surface area contributed by atoms with Crippen molar-refractivity contribution in [3.63, 3.8) is 0 Å². The molecule has 0 bridgehead atoms. The molecule has 0 spiro atoms. The molecule has 1 unspecified atom stereocenters. The molecule has 0 radical (unpaired) electrons. The van der Waals surface area contributed by atoms with Crippen molar-refractivity contribution in [2.45, 2.75) is 26.3 Å². The summed E-state index contributed by atoms with van der Waals surface area (Å²) in [7, 11) is 0. The van der Waals surface area contributed by atoms with Gasteiger partial charge in [0.1, 0.15) is 0 Å². The third kappa shape index (κ3) is 2.99. The second-order valence-electron chi connectivity index (χ2n) is 4.47. The van der Waals surface area contributed by atoms with E-state index in [4.69, 9.17) is 0 Å². The molecule has 0 saturated carbocycles. The Morgan fingerprint density at radius 3 is 2.82 bits per heavy atom. The zero-order chi connectivity index (χ0) is 12.3. The number of halogens is 1. The summed E-state index contributed by atoms with van der Waals surface area (Å²) in [5.41, 5.74) is 1.23. The molecule has 17 heavy (non-hydrogen) atoms. The van der Waals surface area contributed by atoms with Crippen LogP contribution in [0.5, 0.6) is 0 Å². The Morgan fingerprint density at radius 2 is 2.18 bits per heavy atom. The number of aromatic nitrogens is 1. The van der Waals surface area contributed by atoms with Crippen LogP contribution in [0.2, 0.25) is 0 Å². The first-order valence-corrected chi connectivity index (χ1v) is 7.13. The van der Waals surface area contributed by atoms with Crippen LogP contribution in [-0.2, 0) is 0 Å². The van der Waals surface area contributed by atoms with E-state index in [2.05, 4.69) is 50.6 Å². The Morgan fingerprint density at radius 1 is 1.41 bits per heavy atom. The zero-order valence-electron chi connectivity index (χ0n) is 10.6. The molecule has 1 aromatic rings. The topological polar surface area (TPSA) is 19.4 Å². The highest BCUT2D eigenvalue weighted by Gasteiger charge is 2.26. The lowest BCUT2D eigenvalue weighted by Crippen LogP contribution is -2.37. The highest BCUT2D eigenvalue weighted by atomic mass is 79.9. The predicted molar refractivity (Wildman–Crippen MR) is 75.5 cm³/mol. The summed E-state index contributed by atoms with van der Waals surface area (Å²) in [6.45, 7) is 9.04. The summed E-state index contributed by atoms with van der Waals surface area (Å²) in [5.74, 6) is 0. The van der Waals surface area contributed by atoms with Gasteiger partial charge in [0.15, 0.2) is 0 Å². The molecule has 0 N–H and O–H groups in total. The summed E-state index contributed by atoms with van der Waals surface area (Å²) in [6.07, 6.45) is 5.05. The molecule has 0 amide bonds. The Kier molecular flexibility index (Phi) is 4.40. The molecule has 1 saturated heterocycles. The summed E-state index contributed by atoms with van der Waals surface area (Å²) >= 11 is 3.48. The number of pyridine rings is 1. The van der Waals surface area contributed by atoms with Crippen molar-refractivity contribution in [1.29, 1.82) is 0 Å². The number of nitrogens with zero attached hydrogens (tertiary/aromatic N) is 3. The molecule has 0 aromatic carbocycles. The predicted octanol–water partition coefficient (Wildman–Crippen LogP) is 2.76. The van der Waals surface area contributed by atoms with E-state index in [-0.39, 0.29) is 0 Å².